The van der Waals surface area contributed by atoms with Crippen LogP contribution in [-0.2, 0) is 6.18 Å². The van der Waals surface area contributed by atoms with E-state index in [9.17, 15) is 13.2 Å². The number of nitrogens with zero attached hydrogens (tertiary/aromatic N) is 2. The lowest BCUT2D eigenvalue weighted by Crippen LogP contribution is -2.04. The van der Waals surface area contributed by atoms with Gasteiger partial charge in [0.2, 0.25) is 5.88 Å². The highest BCUT2D eigenvalue weighted by atomic mass is 19.4. The summed E-state index contributed by atoms with van der Waals surface area (Å²) in [5.74, 6) is 0.225. The van der Waals surface area contributed by atoms with Gasteiger partial charge >= 0.3 is 6.18 Å². The van der Waals surface area contributed by atoms with E-state index in [4.69, 9.17) is 4.74 Å². The van der Waals surface area contributed by atoms with Crippen molar-refractivity contribution in [1.29, 1.82) is 0 Å². The van der Waals surface area contributed by atoms with Crippen molar-refractivity contribution in [2.45, 2.75) is 13.1 Å². The molecule has 0 spiro atoms. The Labute approximate surface area is 101 Å². The van der Waals surface area contributed by atoms with Crippen LogP contribution in [0.4, 0.5) is 13.2 Å². The third kappa shape index (κ3) is 2.97. The van der Waals surface area contributed by atoms with Crippen molar-refractivity contribution in [3.63, 3.8) is 0 Å². The van der Waals surface area contributed by atoms with Crippen LogP contribution in [0.3, 0.4) is 0 Å². The van der Waals surface area contributed by atoms with Crippen molar-refractivity contribution in [1.82, 2.24) is 10.2 Å². The Bertz CT molecular complexity index is 538. The van der Waals surface area contributed by atoms with E-state index in [1.54, 1.807) is 19.1 Å². The molecule has 1 aromatic heterocycles. The summed E-state index contributed by atoms with van der Waals surface area (Å²) in [6.07, 6.45) is -4.39. The number of hydrogen-bond acceptors (Lipinski definition) is 3. The monoisotopic (exact) mass is 254 g/mol. The van der Waals surface area contributed by atoms with Crippen molar-refractivity contribution >= 4 is 0 Å². The molecule has 1 heterocycles. The van der Waals surface area contributed by atoms with Gasteiger partial charge in [0.1, 0.15) is 5.75 Å². The predicted octanol–water partition coefficient (Wildman–Crippen LogP) is 3.60. The largest absolute Gasteiger partial charge is 0.438 e. The van der Waals surface area contributed by atoms with Crippen LogP contribution in [0.2, 0.25) is 0 Å². The van der Waals surface area contributed by atoms with E-state index in [0.29, 0.717) is 5.69 Å². The fraction of sp³-hybridized carbons (Fsp3) is 0.167. The summed E-state index contributed by atoms with van der Waals surface area (Å²) in [6, 6.07) is 7.81. The molecule has 0 aliphatic rings. The molecule has 0 fully saturated rings. The molecule has 18 heavy (non-hydrogen) atoms. The molecule has 0 amide bonds. The normalized spacial score (nSPS) is 11.3. The Balaban J connectivity index is 2.22. The third-order valence-corrected chi connectivity index (χ3v) is 2.16. The molecule has 0 N–H and O–H groups in total. The molecular formula is C12H9F3N2O. The molecule has 0 unspecified atom stereocenters. The zero-order valence-corrected chi connectivity index (χ0v) is 9.40. The molecule has 3 nitrogen and oxygen atoms in total. The molecule has 6 heteroatoms. The summed E-state index contributed by atoms with van der Waals surface area (Å²) >= 11 is 0. The summed E-state index contributed by atoms with van der Waals surface area (Å²) in [7, 11) is 0. The van der Waals surface area contributed by atoms with Crippen LogP contribution in [0.5, 0.6) is 11.6 Å². The number of benzene rings is 1. The number of alkyl halides is 3. The first-order valence-corrected chi connectivity index (χ1v) is 5.10. The lowest BCUT2D eigenvalue weighted by molar-refractivity contribution is -0.137. The Morgan fingerprint density at radius 1 is 1.06 bits per heavy atom. The number of ether oxygens (including phenoxy) is 1. The summed E-state index contributed by atoms with van der Waals surface area (Å²) < 4.78 is 42.6. The number of halogens is 3. The number of aromatic nitrogens is 2. The van der Waals surface area contributed by atoms with Crippen LogP contribution in [0.25, 0.3) is 0 Å². The zero-order chi connectivity index (χ0) is 13.2. The Hall–Kier alpha value is -2.11. The zero-order valence-electron chi connectivity index (χ0n) is 9.40. The second-order valence-electron chi connectivity index (χ2n) is 3.64. The molecule has 2 aromatic rings. The van der Waals surface area contributed by atoms with Crippen LogP contribution in [0.1, 0.15) is 11.3 Å². The average Bonchev–Trinajstić information content (AvgIpc) is 2.31. The van der Waals surface area contributed by atoms with Crippen LogP contribution in [-0.4, -0.2) is 10.2 Å². The van der Waals surface area contributed by atoms with Crippen molar-refractivity contribution in [3.05, 3.63) is 47.7 Å². The molecule has 0 bridgehead atoms. The van der Waals surface area contributed by atoms with Gasteiger partial charge in [-0.25, -0.2) is 0 Å². The molecule has 94 valence electrons. The Morgan fingerprint density at radius 3 is 2.44 bits per heavy atom. The first-order chi connectivity index (χ1) is 8.45. The van der Waals surface area contributed by atoms with E-state index in [0.717, 1.165) is 12.1 Å². The summed E-state index contributed by atoms with van der Waals surface area (Å²) in [4.78, 5) is 0. The fourth-order valence-corrected chi connectivity index (χ4v) is 1.30. The van der Waals surface area contributed by atoms with Gasteiger partial charge in [-0.05, 0) is 31.2 Å². The van der Waals surface area contributed by atoms with Gasteiger partial charge in [0.25, 0.3) is 0 Å². The van der Waals surface area contributed by atoms with Gasteiger partial charge in [-0.2, -0.15) is 18.3 Å². The molecule has 0 radical (unpaired) electrons. The summed E-state index contributed by atoms with van der Waals surface area (Å²) in [6.45, 7) is 1.75. The van der Waals surface area contributed by atoms with E-state index in [2.05, 4.69) is 10.2 Å². The molecule has 0 saturated heterocycles. The maximum absolute atomic E-state index is 12.5. The number of aryl methyl sites for hydroxylation is 1. The van der Waals surface area contributed by atoms with E-state index in [1.807, 2.05) is 0 Å². The maximum atomic E-state index is 12.5. The number of hydrogen-bond donors (Lipinski definition) is 0. The minimum Gasteiger partial charge on any atom is -0.438 e. The van der Waals surface area contributed by atoms with Gasteiger partial charge in [-0.3, -0.25) is 0 Å². The second kappa shape index (κ2) is 4.64. The van der Waals surface area contributed by atoms with Gasteiger partial charge in [0, 0.05) is 6.07 Å². The minimum atomic E-state index is -4.39. The molecule has 0 saturated carbocycles. The average molecular weight is 254 g/mol. The highest BCUT2D eigenvalue weighted by Crippen LogP contribution is 2.32. The highest BCUT2D eigenvalue weighted by molar-refractivity contribution is 5.32. The Morgan fingerprint density at radius 2 is 1.83 bits per heavy atom. The van der Waals surface area contributed by atoms with Crippen LogP contribution >= 0.6 is 0 Å². The lowest BCUT2D eigenvalue weighted by Gasteiger charge is -2.09. The van der Waals surface area contributed by atoms with Crippen molar-refractivity contribution in [3.8, 4) is 11.6 Å². The first-order valence-electron chi connectivity index (χ1n) is 5.10. The first kappa shape index (κ1) is 12.3. The lowest BCUT2D eigenvalue weighted by atomic mass is 10.2. The predicted molar refractivity (Wildman–Crippen MR) is 58.3 cm³/mol. The fourth-order valence-electron chi connectivity index (χ4n) is 1.30. The number of rotatable bonds is 2. The van der Waals surface area contributed by atoms with Gasteiger partial charge in [-0.15, -0.1) is 5.10 Å². The summed E-state index contributed by atoms with van der Waals surface area (Å²) in [5.41, 5.74) is -0.0635. The topological polar surface area (TPSA) is 35.0 Å². The minimum absolute atomic E-state index is 0.0722. The quantitative estimate of drug-likeness (QED) is 0.821. The molecule has 2 rings (SSSR count). The third-order valence-electron chi connectivity index (χ3n) is 2.16. The van der Waals surface area contributed by atoms with E-state index >= 15 is 0 Å². The molecule has 0 aliphatic heterocycles. The smallest absolute Gasteiger partial charge is 0.416 e. The second-order valence-corrected chi connectivity index (χ2v) is 3.64. The van der Waals surface area contributed by atoms with Crippen molar-refractivity contribution < 1.29 is 17.9 Å². The van der Waals surface area contributed by atoms with Crippen molar-refractivity contribution in [2.75, 3.05) is 0 Å². The van der Waals surface area contributed by atoms with E-state index in [-0.39, 0.29) is 11.6 Å². The highest BCUT2D eigenvalue weighted by Gasteiger charge is 2.30. The van der Waals surface area contributed by atoms with Crippen LogP contribution < -0.4 is 4.74 Å². The molecule has 1 aromatic carbocycles. The standard InChI is InChI=1S/C12H9F3N2O/c1-8-5-6-11(17-16-8)18-10-4-2-3-9(7-10)12(13,14)15/h2-7H,1H3. The molecule has 0 aliphatic carbocycles. The molecule has 0 atom stereocenters. The van der Waals surface area contributed by atoms with Gasteiger partial charge in [-0.1, -0.05) is 6.07 Å². The van der Waals surface area contributed by atoms with Crippen molar-refractivity contribution in [2.24, 2.45) is 0 Å². The van der Waals surface area contributed by atoms with E-state index < -0.39 is 11.7 Å². The maximum Gasteiger partial charge on any atom is 0.416 e. The summed E-state index contributed by atoms with van der Waals surface area (Å²) in [5, 5.41) is 7.46. The SMILES string of the molecule is Cc1ccc(Oc2cccc(C(F)(F)F)c2)nn1. The molecular weight excluding hydrogens is 245 g/mol. The van der Waals surface area contributed by atoms with Gasteiger partial charge in [0.15, 0.2) is 0 Å². The van der Waals surface area contributed by atoms with Crippen LogP contribution in [0.15, 0.2) is 36.4 Å². The van der Waals surface area contributed by atoms with Gasteiger partial charge < -0.3 is 4.74 Å². The van der Waals surface area contributed by atoms with Crippen LogP contribution in [0, 0.1) is 6.92 Å². The van der Waals surface area contributed by atoms with E-state index in [1.165, 1.54) is 12.1 Å². The Kier molecular flexibility index (Phi) is 3.18. The van der Waals surface area contributed by atoms with Gasteiger partial charge in [0.05, 0.1) is 11.3 Å².